The van der Waals surface area contributed by atoms with Gasteiger partial charge in [-0.25, -0.2) is 0 Å². The van der Waals surface area contributed by atoms with Crippen molar-refractivity contribution in [1.82, 2.24) is 0 Å². The van der Waals surface area contributed by atoms with Gasteiger partial charge in [-0.15, -0.1) is 0 Å². The standard InChI is InChI=1S/C21H40O4S/c1-2-3-4-5-6-7-8-9-10-11-12-13-14-15-16-17-21(24)25-26-19-20(23)18-22/h9-10,20,22-23H,2-8,11-19H2,1H3/b10-9-. The van der Waals surface area contributed by atoms with Gasteiger partial charge in [-0.1, -0.05) is 70.4 Å². The zero-order valence-corrected chi connectivity index (χ0v) is 17.5. The molecule has 1 unspecified atom stereocenters. The van der Waals surface area contributed by atoms with E-state index in [2.05, 4.69) is 19.1 Å². The highest BCUT2D eigenvalue weighted by Crippen LogP contribution is 2.12. The molecule has 154 valence electrons. The molecule has 0 saturated heterocycles. The molecule has 0 saturated carbocycles. The summed E-state index contributed by atoms with van der Waals surface area (Å²) in [6, 6.07) is 0. The van der Waals surface area contributed by atoms with Gasteiger partial charge in [0.1, 0.15) is 0 Å². The number of rotatable bonds is 19. The first-order valence-electron chi connectivity index (χ1n) is 10.5. The van der Waals surface area contributed by atoms with E-state index < -0.39 is 6.10 Å². The van der Waals surface area contributed by atoms with Crippen LogP contribution in [0.25, 0.3) is 0 Å². The lowest BCUT2D eigenvalue weighted by Crippen LogP contribution is -2.15. The van der Waals surface area contributed by atoms with Gasteiger partial charge in [-0.05, 0) is 32.1 Å². The molecule has 0 radical (unpaired) electrons. The van der Waals surface area contributed by atoms with Gasteiger partial charge in [0, 0.05) is 6.42 Å². The van der Waals surface area contributed by atoms with E-state index in [4.69, 9.17) is 14.4 Å². The molecule has 0 bridgehead atoms. The number of hydrogen-bond donors (Lipinski definition) is 2. The Hall–Kier alpha value is -0.520. The lowest BCUT2D eigenvalue weighted by molar-refractivity contribution is -0.133. The van der Waals surface area contributed by atoms with E-state index in [1.807, 2.05) is 0 Å². The third-order valence-electron chi connectivity index (χ3n) is 4.27. The van der Waals surface area contributed by atoms with E-state index in [0.717, 1.165) is 31.3 Å². The van der Waals surface area contributed by atoms with Crippen molar-refractivity contribution >= 4 is 18.0 Å². The van der Waals surface area contributed by atoms with Crippen LogP contribution in [0.3, 0.4) is 0 Å². The summed E-state index contributed by atoms with van der Waals surface area (Å²) in [6.45, 7) is 1.95. The minimum Gasteiger partial charge on any atom is -0.394 e. The van der Waals surface area contributed by atoms with Gasteiger partial charge in [0.05, 0.1) is 30.5 Å². The number of hydrogen-bond acceptors (Lipinski definition) is 5. The Morgan fingerprint density at radius 1 is 0.923 bits per heavy atom. The maximum atomic E-state index is 11.5. The van der Waals surface area contributed by atoms with Crippen LogP contribution >= 0.6 is 12.0 Å². The van der Waals surface area contributed by atoms with Crippen LogP contribution in [0, 0.1) is 0 Å². The summed E-state index contributed by atoms with van der Waals surface area (Å²) < 4.78 is 4.93. The van der Waals surface area contributed by atoms with Crippen LogP contribution in [-0.4, -0.2) is 34.6 Å². The first-order chi connectivity index (χ1) is 12.7. The maximum absolute atomic E-state index is 11.5. The summed E-state index contributed by atoms with van der Waals surface area (Å²) in [5.41, 5.74) is 0. The lowest BCUT2D eigenvalue weighted by Gasteiger charge is -2.06. The molecule has 1 atom stereocenters. The largest absolute Gasteiger partial charge is 0.394 e. The molecule has 0 aromatic heterocycles. The van der Waals surface area contributed by atoms with Crippen molar-refractivity contribution in [2.45, 2.75) is 103 Å². The SMILES string of the molecule is CCCCCCCC/C=C\CCCCCCCC(=O)OSCC(O)CO. The number of unbranched alkanes of at least 4 members (excludes halogenated alkanes) is 11. The molecule has 0 aliphatic rings. The van der Waals surface area contributed by atoms with Crippen molar-refractivity contribution < 1.29 is 19.2 Å². The highest BCUT2D eigenvalue weighted by molar-refractivity contribution is 7.95. The van der Waals surface area contributed by atoms with Gasteiger partial charge in [-0.3, -0.25) is 4.79 Å². The van der Waals surface area contributed by atoms with Crippen LogP contribution in [0.2, 0.25) is 0 Å². The summed E-state index contributed by atoms with van der Waals surface area (Å²) in [7, 11) is 0. The summed E-state index contributed by atoms with van der Waals surface area (Å²) in [6.07, 6.45) is 20.3. The van der Waals surface area contributed by atoms with Crippen molar-refractivity contribution in [3.8, 4) is 0 Å². The number of carbonyl (C=O) groups is 1. The van der Waals surface area contributed by atoms with E-state index in [1.165, 1.54) is 64.2 Å². The normalized spacial score (nSPS) is 12.6. The minimum atomic E-state index is -0.826. The fourth-order valence-corrected chi connectivity index (χ4v) is 3.16. The van der Waals surface area contributed by atoms with E-state index in [9.17, 15) is 4.79 Å². The van der Waals surface area contributed by atoms with Crippen molar-refractivity contribution in [1.29, 1.82) is 0 Å². The van der Waals surface area contributed by atoms with Crippen LogP contribution < -0.4 is 0 Å². The molecule has 0 aliphatic heterocycles. The highest BCUT2D eigenvalue weighted by atomic mass is 32.2. The van der Waals surface area contributed by atoms with Gasteiger partial charge < -0.3 is 14.4 Å². The number of allylic oxidation sites excluding steroid dienone is 2. The second-order valence-corrected chi connectivity index (χ2v) is 7.65. The lowest BCUT2D eigenvalue weighted by atomic mass is 10.1. The van der Waals surface area contributed by atoms with Crippen LogP contribution in [0.15, 0.2) is 12.2 Å². The van der Waals surface area contributed by atoms with Gasteiger partial charge in [-0.2, -0.15) is 0 Å². The Labute approximate surface area is 165 Å². The minimum absolute atomic E-state index is 0.217. The molecular weight excluding hydrogens is 348 g/mol. The Kier molecular flexibility index (Phi) is 20.4. The molecule has 0 aliphatic carbocycles. The fraction of sp³-hybridized carbons (Fsp3) is 0.857. The van der Waals surface area contributed by atoms with Crippen molar-refractivity contribution in [3.63, 3.8) is 0 Å². The number of aliphatic hydroxyl groups is 2. The van der Waals surface area contributed by atoms with Crippen molar-refractivity contribution in [2.24, 2.45) is 0 Å². The second kappa shape index (κ2) is 20.8. The predicted molar refractivity (Wildman–Crippen MR) is 111 cm³/mol. The number of carbonyl (C=O) groups excluding carboxylic acids is 1. The van der Waals surface area contributed by atoms with Gasteiger partial charge in [0.2, 0.25) is 0 Å². The molecule has 0 rings (SSSR count). The number of aliphatic hydroxyl groups excluding tert-OH is 2. The third-order valence-corrected chi connectivity index (χ3v) is 5.09. The second-order valence-electron chi connectivity index (χ2n) is 6.91. The maximum Gasteiger partial charge on any atom is 0.317 e. The summed E-state index contributed by atoms with van der Waals surface area (Å²) in [4.78, 5) is 11.5. The highest BCUT2D eigenvalue weighted by Gasteiger charge is 2.07. The molecule has 5 heteroatoms. The zero-order valence-electron chi connectivity index (χ0n) is 16.7. The first-order valence-corrected chi connectivity index (χ1v) is 11.4. The molecular formula is C21H40O4S. The monoisotopic (exact) mass is 388 g/mol. The predicted octanol–water partition coefficient (Wildman–Crippen LogP) is 5.57. The molecule has 0 spiro atoms. The van der Waals surface area contributed by atoms with E-state index in [-0.39, 0.29) is 18.3 Å². The third kappa shape index (κ3) is 19.8. The van der Waals surface area contributed by atoms with Crippen molar-refractivity contribution in [2.75, 3.05) is 12.4 Å². The molecule has 0 heterocycles. The van der Waals surface area contributed by atoms with Crippen LogP contribution in [-0.2, 0) is 8.98 Å². The smallest absolute Gasteiger partial charge is 0.317 e. The fourth-order valence-electron chi connectivity index (χ4n) is 2.61. The van der Waals surface area contributed by atoms with Crippen LogP contribution in [0.1, 0.15) is 96.8 Å². The Morgan fingerprint density at radius 2 is 1.46 bits per heavy atom. The molecule has 0 aromatic carbocycles. The molecule has 4 nitrogen and oxygen atoms in total. The average molecular weight is 389 g/mol. The van der Waals surface area contributed by atoms with Crippen LogP contribution in [0.5, 0.6) is 0 Å². The van der Waals surface area contributed by atoms with Gasteiger partial charge in [0.25, 0.3) is 0 Å². The van der Waals surface area contributed by atoms with E-state index >= 15 is 0 Å². The Morgan fingerprint density at radius 3 is 2.04 bits per heavy atom. The topological polar surface area (TPSA) is 66.8 Å². The van der Waals surface area contributed by atoms with E-state index in [0.29, 0.717) is 6.42 Å². The molecule has 0 fully saturated rings. The van der Waals surface area contributed by atoms with Gasteiger partial charge >= 0.3 is 5.97 Å². The Balaban J connectivity index is 3.23. The average Bonchev–Trinajstić information content (AvgIpc) is 2.64. The molecule has 0 amide bonds. The van der Waals surface area contributed by atoms with Crippen molar-refractivity contribution in [3.05, 3.63) is 12.2 Å². The summed E-state index contributed by atoms with van der Waals surface area (Å²) >= 11 is 0.914. The van der Waals surface area contributed by atoms with E-state index in [1.54, 1.807) is 0 Å². The summed E-state index contributed by atoms with van der Waals surface area (Å²) in [5.74, 6) is -0.0213. The Bertz CT molecular complexity index is 334. The summed E-state index contributed by atoms with van der Waals surface area (Å²) in [5, 5.41) is 17.8. The van der Waals surface area contributed by atoms with Gasteiger partial charge in [0.15, 0.2) is 0 Å². The molecule has 0 aromatic rings. The zero-order chi connectivity index (χ0) is 19.3. The van der Waals surface area contributed by atoms with Crippen LogP contribution in [0.4, 0.5) is 0 Å². The first kappa shape index (κ1) is 25.5. The quantitative estimate of drug-likeness (QED) is 0.172. The molecule has 26 heavy (non-hydrogen) atoms. The molecule has 2 N–H and O–H groups in total.